The molecule has 4 heteroatoms. The Morgan fingerprint density at radius 2 is 2.56 bits per heavy atom. The van der Waals surface area contributed by atoms with Crippen LogP contribution in [0.15, 0.2) is 0 Å². The smallest absolute Gasteiger partial charge is 0.0142 e. The van der Waals surface area contributed by atoms with E-state index in [1.165, 1.54) is 0 Å². The molecule has 1 aliphatic rings. The first-order valence-corrected chi connectivity index (χ1v) is 4.30. The Balaban J connectivity index is 2.19. The largest absolute Gasteiger partial charge is 0.772 e. The average Bonchev–Trinajstić information content (AvgIpc) is 2.15. The first kappa shape index (κ1) is 7.18. The highest BCUT2D eigenvalue weighted by Crippen LogP contribution is 2.07. The summed E-state index contributed by atoms with van der Waals surface area (Å²) in [5, 5.41) is 3.10. The van der Waals surface area contributed by atoms with Gasteiger partial charge >= 0.3 is 0 Å². The van der Waals surface area contributed by atoms with Crippen LogP contribution in [0.3, 0.4) is 0 Å². The lowest BCUT2D eigenvalue weighted by atomic mass is 10.2. The highest BCUT2D eigenvalue weighted by molar-refractivity contribution is 7.79. The van der Waals surface area contributed by atoms with Crippen molar-refractivity contribution in [1.29, 1.82) is 0 Å². The van der Waals surface area contributed by atoms with Crippen molar-refractivity contribution < 1.29 is 8.76 Å². The molecule has 0 aromatic carbocycles. The van der Waals surface area contributed by atoms with Gasteiger partial charge in [0, 0.05) is 5.75 Å². The van der Waals surface area contributed by atoms with Crippen LogP contribution in [0.4, 0.5) is 0 Å². The van der Waals surface area contributed by atoms with Gasteiger partial charge in [-0.05, 0) is 25.4 Å². The minimum Gasteiger partial charge on any atom is -0.772 e. The van der Waals surface area contributed by atoms with Gasteiger partial charge in [0.25, 0.3) is 0 Å². The standard InChI is InChI=1S/C5H11NO2S/c7-9(8)4-5-1-2-6-3-5/h5-6H,1-4H2,(H,7,8)/p-1/t5-/m0/s1. The van der Waals surface area contributed by atoms with Gasteiger partial charge in [0.15, 0.2) is 0 Å². The quantitative estimate of drug-likeness (QED) is 0.536. The van der Waals surface area contributed by atoms with Gasteiger partial charge in [-0.2, -0.15) is 0 Å². The number of rotatable bonds is 2. The van der Waals surface area contributed by atoms with Gasteiger partial charge in [0.2, 0.25) is 0 Å². The number of hydrogen-bond acceptors (Lipinski definition) is 3. The molecule has 1 unspecified atom stereocenters. The summed E-state index contributed by atoms with van der Waals surface area (Å²) in [5.74, 6) is 0.691. The van der Waals surface area contributed by atoms with Crippen molar-refractivity contribution in [1.82, 2.24) is 5.32 Å². The molecule has 0 amide bonds. The van der Waals surface area contributed by atoms with Crippen LogP contribution >= 0.6 is 0 Å². The van der Waals surface area contributed by atoms with E-state index in [1.807, 2.05) is 0 Å². The predicted molar refractivity (Wildman–Crippen MR) is 34.8 cm³/mol. The molecule has 1 fully saturated rings. The third kappa shape index (κ3) is 2.43. The zero-order chi connectivity index (χ0) is 6.69. The van der Waals surface area contributed by atoms with E-state index in [0.717, 1.165) is 19.5 Å². The van der Waals surface area contributed by atoms with Crippen molar-refractivity contribution in [3.63, 3.8) is 0 Å². The molecule has 1 aliphatic heterocycles. The Labute approximate surface area is 57.1 Å². The van der Waals surface area contributed by atoms with Crippen LogP contribution in [-0.4, -0.2) is 27.6 Å². The van der Waals surface area contributed by atoms with E-state index in [1.54, 1.807) is 0 Å². The summed E-state index contributed by atoms with van der Waals surface area (Å²) in [5.41, 5.74) is 0. The Morgan fingerprint density at radius 1 is 1.78 bits per heavy atom. The molecule has 1 N–H and O–H groups in total. The maximum absolute atomic E-state index is 10.1. The maximum atomic E-state index is 10.1. The second kappa shape index (κ2) is 3.29. The Kier molecular flexibility index (Phi) is 2.63. The van der Waals surface area contributed by atoms with Gasteiger partial charge in [-0.1, -0.05) is 11.1 Å². The zero-order valence-corrected chi connectivity index (χ0v) is 5.95. The summed E-state index contributed by atoms with van der Waals surface area (Å²) in [6.07, 6.45) is 1.01. The lowest BCUT2D eigenvalue weighted by Crippen LogP contribution is -2.14. The molecule has 0 bridgehead atoms. The summed E-state index contributed by atoms with van der Waals surface area (Å²) < 4.78 is 20.3. The van der Waals surface area contributed by atoms with Crippen LogP contribution in [0.5, 0.6) is 0 Å². The Morgan fingerprint density at radius 3 is 3.00 bits per heavy atom. The van der Waals surface area contributed by atoms with Crippen LogP contribution in [0.2, 0.25) is 0 Å². The van der Waals surface area contributed by atoms with Gasteiger partial charge in [-0.3, -0.25) is 4.21 Å². The molecular formula is C5H10NO2S-. The summed E-state index contributed by atoms with van der Waals surface area (Å²) in [7, 11) is 0. The first-order chi connectivity index (χ1) is 4.29. The van der Waals surface area contributed by atoms with Crippen molar-refractivity contribution >= 4 is 11.1 Å². The van der Waals surface area contributed by atoms with Crippen LogP contribution in [0.25, 0.3) is 0 Å². The summed E-state index contributed by atoms with van der Waals surface area (Å²) >= 11 is -1.85. The van der Waals surface area contributed by atoms with E-state index >= 15 is 0 Å². The van der Waals surface area contributed by atoms with Crippen LogP contribution in [0, 0.1) is 5.92 Å². The molecule has 54 valence electrons. The monoisotopic (exact) mass is 148 g/mol. The molecule has 2 atom stereocenters. The van der Waals surface area contributed by atoms with Crippen LogP contribution in [-0.2, 0) is 11.1 Å². The van der Waals surface area contributed by atoms with Crippen LogP contribution < -0.4 is 5.32 Å². The van der Waals surface area contributed by atoms with Gasteiger partial charge in [-0.25, -0.2) is 0 Å². The van der Waals surface area contributed by atoms with Crippen molar-refractivity contribution in [3.8, 4) is 0 Å². The van der Waals surface area contributed by atoms with E-state index in [4.69, 9.17) is 0 Å². The Bertz CT molecular complexity index is 112. The van der Waals surface area contributed by atoms with Crippen molar-refractivity contribution in [3.05, 3.63) is 0 Å². The number of nitrogens with one attached hydrogen (secondary N) is 1. The van der Waals surface area contributed by atoms with Crippen molar-refractivity contribution in [2.45, 2.75) is 6.42 Å². The lowest BCUT2D eigenvalue weighted by molar-refractivity contribution is 0.520. The second-order valence-electron chi connectivity index (χ2n) is 2.33. The molecule has 1 rings (SSSR count). The highest BCUT2D eigenvalue weighted by Gasteiger charge is 2.13. The first-order valence-electron chi connectivity index (χ1n) is 3.05. The van der Waals surface area contributed by atoms with E-state index in [9.17, 15) is 8.76 Å². The summed E-state index contributed by atoms with van der Waals surface area (Å²) in [6.45, 7) is 1.84. The fourth-order valence-corrected chi connectivity index (χ4v) is 1.72. The molecule has 0 radical (unpaired) electrons. The third-order valence-corrected chi connectivity index (χ3v) is 2.28. The van der Waals surface area contributed by atoms with E-state index in [0.29, 0.717) is 11.7 Å². The highest BCUT2D eigenvalue weighted by atomic mass is 32.2. The molecule has 0 aromatic heterocycles. The van der Waals surface area contributed by atoms with Gasteiger partial charge < -0.3 is 9.87 Å². The predicted octanol–water partition coefficient (Wildman–Crippen LogP) is -0.525. The van der Waals surface area contributed by atoms with Crippen molar-refractivity contribution in [2.24, 2.45) is 5.92 Å². The minimum atomic E-state index is -1.85. The van der Waals surface area contributed by atoms with E-state index < -0.39 is 11.1 Å². The SMILES string of the molecule is O=S([O-])C[C@H]1CCNC1. The molecule has 3 nitrogen and oxygen atoms in total. The molecule has 1 heterocycles. The molecule has 0 saturated carbocycles. The fraction of sp³-hybridized carbons (Fsp3) is 1.00. The summed E-state index contributed by atoms with van der Waals surface area (Å²) in [6, 6.07) is 0. The maximum Gasteiger partial charge on any atom is 0.0142 e. The van der Waals surface area contributed by atoms with Crippen LogP contribution in [0.1, 0.15) is 6.42 Å². The molecule has 9 heavy (non-hydrogen) atoms. The molecule has 0 aromatic rings. The zero-order valence-electron chi connectivity index (χ0n) is 5.13. The van der Waals surface area contributed by atoms with E-state index in [2.05, 4.69) is 5.32 Å². The van der Waals surface area contributed by atoms with Gasteiger partial charge in [0.05, 0.1) is 0 Å². The topological polar surface area (TPSA) is 52.2 Å². The normalized spacial score (nSPS) is 30.6. The molecular weight excluding hydrogens is 138 g/mol. The molecule has 0 spiro atoms. The minimum absolute atomic E-state index is 0.326. The number of hydrogen-bond donors (Lipinski definition) is 1. The Hall–Kier alpha value is 0.0700. The average molecular weight is 148 g/mol. The lowest BCUT2D eigenvalue weighted by Gasteiger charge is -2.09. The fourth-order valence-electron chi connectivity index (χ4n) is 1.05. The van der Waals surface area contributed by atoms with E-state index in [-0.39, 0.29) is 0 Å². The molecule has 1 saturated heterocycles. The van der Waals surface area contributed by atoms with Crippen molar-refractivity contribution in [2.75, 3.05) is 18.8 Å². The third-order valence-electron chi connectivity index (χ3n) is 1.53. The van der Waals surface area contributed by atoms with Gasteiger partial charge in [0.1, 0.15) is 0 Å². The van der Waals surface area contributed by atoms with Gasteiger partial charge in [-0.15, -0.1) is 0 Å². The summed E-state index contributed by atoms with van der Waals surface area (Å²) in [4.78, 5) is 0. The second-order valence-corrected chi connectivity index (χ2v) is 3.27. The molecule has 0 aliphatic carbocycles.